The van der Waals surface area contributed by atoms with E-state index in [2.05, 4.69) is 17.3 Å². The third kappa shape index (κ3) is 5.96. The van der Waals surface area contributed by atoms with Crippen LogP contribution in [0.15, 0.2) is 43.0 Å². The van der Waals surface area contributed by atoms with Crippen LogP contribution in [0.1, 0.15) is 24.5 Å². The third-order valence-corrected chi connectivity index (χ3v) is 4.70. The first kappa shape index (κ1) is 23.0. The molecule has 0 fully saturated rings. The molecule has 0 radical (unpaired) electrons. The van der Waals surface area contributed by atoms with Gasteiger partial charge in [-0.3, -0.25) is 8.98 Å². The van der Waals surface area contributed by atoms with Crippen LogP contribution in [0.2, 0.25) is 0 Å². The normalized spacial score (nSPS) is 13.9. The average Bonchev–Trinajstić information content (AvgIpc) is 2.53. The van der Waals surface area contributed by atoms with E-state index in [1.54, 1.807) is 0 Å². The lowest BCUT2D eigenvalue weighted by Crippen LogP contribution is -2.44. The molecule has 0 N–H and O–H groups in total. The molecule has 0 amide bonds. The number of hydrogen-bond acceptors (Lipinski definition) is 4. The summed E-state index contributed by atoms with van der Waals surface area (Å²) >= 11 is 0. The zero-order valence-corrected chi connectivity index (χ0v) is 15.0. The molecule has 4 nitrogen and oxygen atoms in total. The summed E-state index contributed by atoms with van der Waals surface area (Å²) in [6.07, 6.45) is -8.91. The molecule has 0 aliphatic heterocycles. The fourth-order valence-electron chi connectivity index (χ4n) is 1.93. The van der Waals surface area contributed by atoms with Gasteiger partial charge in [0, 0.05) is 12.8 Å². The van der Waals surface area contributed by atoms with Gasteiger partial charge in [-0.15, -0.1) is 6.58 Å². The van der Waals surface area contributed by atoms with E-state index in [1.807, 2.05) is 0 Å². The topological polar surface area (TPSA) is 60.4 Å². The molecule has 0 heterocycles. The Morgan fingerprint density at radius 3 is 2.11 bits per heavy atom. The molecule has 0 saturated carbocycles. The van der Waals surface area contributed by atoms with Crippen LogP contribution >= 0.6 is 0 Å². The quantitative estimate of drug-likeness (QED) is 0.345. The van der Waals surface area contributed by atoms with Crippen molar-refractivity contribution in [3.63, 3.8) is 0 Å². The van der Waals surface area contributed by atoms with Crippen LogP contribution < -0.4 is 0 Å². The Kier molecular flexibility index (Phi) is 7.06. The van der Waals surface area contributed by atoms with Crippen LogP contribution in [0, 0.1) is 0 Å². The van der Waals surface area contributed by atoms with Crippen molar-refractivity contribution in [2.45, 2.75) is 37.3 Å². The fraction of sp³-hybridized carbons (Fsp3) is 0.353. The molecular weight excluding hydrogens is 395 g/mol. The smallest absolute Gasteiger partial charge is 0.291 e. The van der Waals surface area contributed by atoms with E-state index in [9.17, 15) is 35.2 Å². The van der Waals surface area contributed by atoms with Gasteiger partial charge in [0.25, 0.3) is 0 Å². The highest BCUT2D eigenvalue weighted by Gasteiger charge is 2.56. The minimum Gasteiger partial charge on any atom is -0.291 e. The van der Waals surface area contributed by atoms with Crippen molar-refractivity contribution in [3.05, 3.63) is 54.1 Å². The standard InChI is InChI=1S/C17H17F5O4S/c1-4-12-5-7-13(8-6-12)10-14(23)17(21,22)27(24,25)26-15(9-11(2)3)16(18,19)20/h4-8,15H,1-2,9-10H2,3H3. The molecule has 1 atom stereocenters. The Morgan fingerprint density at radius 1 is 1.19 bits per heavy atom. The highest BCUT2D eigenvalue weighted by atomic mass is 32.2. The Morgan fingerprint density at radius 2 is 1.70 bits per heavy atom. The molecular formula is C17H17F5O4S. The molecule has 0 bridgehead atoms. The van der Waals surface area contributed by atoms with Crippen molar-refractivity contribution < 1.29 is 39.3 Å². The average molecular weight is 412 g/mol. The number of Topliss-reactive ketones (excluding diaryl/α,β-unsaturated/α-hetero) is 1. The first-order chi connectivity index (χ1) is 12.2. The summed E-state index contributed by atoms with van der Waals surface area (Å²) in [5.41, 5.74) is 0.543. The highest BCUT2D eigenvalue weighted by Crippen LogP contribution is 2.34. The SMILES string of the molecule is C=Cc1ccc(CC(=O)C(F)(F)S(=O)(=O)OC(CC(=C)C)C(F)(F)F)cc1. The van der Waals surface area contributed by atoms with E-state index >= 15 is 0 Å². The molecule has 0 spiro atoms. The summed E-state index contributed by atoms with van der Waals surface area (Å²) in [5, 5.41) is -5.15. The minimum atomic E-state index is -6.18. The van der Waals surface area contributed by atoms with Crippen LogP contribution in [0.3, 0.4) is 0 Å². The molecule has 1 aromatic rings. The molecule has 1 rings (SSSR count). The van der Waals surface area contributed by atoms with Crippen molar-refractivity contribution >= 4 is 22.0 Å². The maximum absolute atomic E-state index is 14.0. The molecule has 0 aromatic heterocycles. The summed E-state index contributed by atoms with van der Waals surface area (Å²) in [4.78, 5) is 11.8. The van der Waals surface area contributed by atoms with Crippen molar-refractivity contribution in [1.82, 2.24) is 0 Å². The van der Waals surface area contributed by atoms with Gasteiger partial charge in [-0.1, -0.05) is 42.5 Å². The second-order valence-electron chi connectivity index (χ2n) is 5.80. The van der Waals surface area contributed by atoms with E-state index in [-0.39, 0.29) is 11.1 Å². The summed E-state index contributed by atoms with van der Waals surface area (Å²) in [6.45, 7) is 7.79. The Hall–Kier alpha value is -2.07. The number of hydrogen-bond donors (Lipinski definition) is 0. The Bertz CT molecular complexity index is 811. The predicted octanol–water partition coefficient (Wildman–Crippen LogP) is 4.28. The van der Waals surface area contributed by atoms with E-state index in [0.29, 0.717) is 5.56 Å². The number of carbonyl (C=O) groups excluding carboxylic acids is 1. The van der Waals surface area contributed by atoms with Gasteiger partial charge in [-0.05, 0) is 18.1 Å². The number of benzene rings is 1. The molecule has 0 aliphatic carbocycles. The maximum atomic E-state index is 14.0. The Labute approximate surface area is 153 Å². The summed E-state index contributed by atoms with van der Waals surface area (Å²) < 4.78 is 93.7. The minimum absolute atomic E-state index is 0.0507. The molecule has 150 valence electrons. The highest BCUT2D eigenvalue weighted by molar-refractivity contribution is 7.88. The van der Waals surface area contributed by atoms with Crippen molar-refractivity contribution in [1.29, 1.82) is 0 Å². The van der Waals surface area contributed by atoms with Gasteiger partial charge in [0.1, 0.15) is 0 Å². The van der Waals surface area contributed by atoms with Crippen molar-refractivity contribution in [2.24, 2.45) is 0 Å². The van der Waals surface area contributed by atoms with Gasteiger partial charge in [-0.2, -0.15) is 30.4 Å². The van der Waals surface area contributed by atoms with Gasteiger partial charge in [0.05, 0.1) is 0 Å². The molecule has 0 saturated heterocycles. The second kappa shape index (κ2) is 8.30. The van der Waals surface area contributed by atoms with Crippen molar-refractivity contribution in [3.8, 4) is 0 Å². The van der Waals surface area contributed by atoms with E-state index < -0.39 is 46.3 Å². The lowest BCUT2D eigenvalue weighted by molar-refractivity contribution is -0.195. The zero-order valence-electron chi connectivity index (χ0n) is 14.2. The predicted molar refractivity (Wildman–Crippen MR) is 89.5 cm³/mol. The number of rotatable bonds is 9. The molecule has 1 unspecified atom stereocenters. The number of carbonyl (C=O) groups is 1. The Balaban J connectivity index is 3.04. The molecule has 10 heteroatoms. The first-order valence-electron chi connectivity index (χ1n) is 7.47. The lowest BCUT2D eigenvalue weighted by Gasteiger charge is -2.23. The lowest BCUT2D eigenvalue weighted by atomic mass is 10.1. The number of ketones is 1. The summed E-state index contributed by atoms with van der Waals surface area (Å²) in [7, 11) is -6.18. The van der Waals surface area contributed by atoms with E-state index in [1.165, 1.54) is 30.3 Å². The zero-order chi connectivity index (χ0) is 21.0. The van der Waals surface area contributed by atoms with Crippen LogP contribution in [-0.4, -0.2) is 31.7 Å². The van der Waals surface area contributed by atoms with Crippen LogP contribution in [0.25, 0.3) is 6.08 Å². The van der Waals surface area contributed by atoms with Gasteiger partial charge < -0.3 is 0 Å². The van der Waals surface area contributed by atoms with Gasteiger partial charge >= 0.3 is 21.5 Å². The van der Waals surface area contributed by atoms with E-state index in [0.717, 1.165) is 6.92 Å². The van der Waals surface area contributed by atoms with E-state index in [4.69, 9.17) is 0 Å². The third-order valence-electron chi connectivity index (χ3n) is 3.36. The van der Waals surface area contributed by atoms with Crippen LogP contribution in [0.4, 0.5) is 22.0 Å². The monoisotopic (exact) mass is 412 g/mol. The van der Waals surface area contributed by atoms with Gasteiger partial charge in [0.15, 0.2) is 6.10 Å². The van der Waals surface area contributed by atoms with Gasteiger partial charge in [0.2, 0.25) is 5.78 Å². The largest absolute Gasteiger partial charge is 0.427 e. The summed E-state index contributed by atoms with van der Waals surface area (Å²) in [6, 6.07) is 5.48. The van der Waals surface area contributed by atoms with Crippen LogP contribution in [-0.2, 0) is 25.5 Å². The fourth-order valence-corrected chi connectivity index (χ4v) is 2.89. The number of halogens is 5. The van der Waals surface area contributed by atoms with Gasteiger partial charge in [-0.25, -0.2) is 0 Å². The van der Waals surface area contributed by atoms with Crippen molar-refractivity contribution in [2.75, 3.05) is 0 Å². The first-order valence-corrected chi connectivity index (χ1v) is 8.88. The molecule has 27 heavy (non-hydrogen) atoms. The van der Waals surface area contributed by atoms with Crippen LogP contribution in [0.5, 0.6) is 0 Å². The maximum Gasteiger partial charge on any atom is 0.427 e. The molecule has 0 aliphatic rings. The second-order valence-corrected chi connectivity index (χ2v) is 7.42. The summed E-state index contributed by atoms with van der Waals surface area (Å²) in [5.74, 6) is -2.11. The number of alkyl halides is 5. The molecule has 1 aromatic carbocycles.